The first-order valence-corrected chi connectivity index (χ1v) is 6.65. The highest BCUT2D eigenvalue weighted by molar-refractivity contribution is 5.87. The standard InChI is InChI=1S/C13H20O8/c1-5(2)13(18)21-12-10(17)8(15)7(14)9(16)11(12)20-4-6-3-19-6/h6-12,14-17H,1,3-4H2,2H3. The molecule has 0 radical (unpaired) electrons. The number of carbonyl (C=O) groups excluding carboxylic acids is 1. The minimum absolute atomic E-state index is 0.0987. The Bertz CT molecular complexity index is 407. The second-order valence-electron chi connectivity index (χ2n) is 5.37. The summed E-state index contributed by atoms with van der Waals surface area (Å²) in [5, 5.41) is 39.3. The van der Waals surface area contributed by atoms with Crippen LogP contribution in [0.3, 0.4) is 0 Å². The fourth-order valence-electron chi connectivity index (χ4n) is 2.12. The quantitative estimate of drug-likeness (QED) is 0.254. The second kappa shape index (κ2) is 6.39. The predicted molar refractivity (Wildman–Crippen MR) is 68.2 cm³/mol. The van der Waals surface area contributed by atoms with Gasteiger partial charge in [0.2, 0.25) is 0 Å². The van der Waals surface area contributed by atoms with Gasteiger partial charge in [-0.25, -0.2) is 4.79 Å². The largest absolute Gasteiger partial charge is 0.453 e. The summed E-state index contributed by atoms with van der Waals surface area (Å²) in [7, 11) is 0. The Balaban J connectivity index is 2.11. The average Bonchev–Trinajstić information content (AvgIpc) is 3.25. The van der Waals surface area contributed by atoms with E-state index in [0.29, 0.717) is 6.61 Å². The number of hydrogen-bond acceptors (Lipinski definition) is 8. The molecule has 0 bridgehead atoms. The van der Waals surface area contributed by atoms with Crippen LogP contribution in [0.15, 0.2) is 12.2 Å². The number of carbonyl (C=O) groups is 1. The van der Waals surface area contributed by atoms with Crippen molar-refractivity contribution in [2.45, 2.75) is 49.7 Å². The van der Waals surface area contributed by atoms with Gasteiger partial charge in [0.1, 0.15) is 36.6 Å². The van der Waals surface area contributed by atoms with E-state index in [1.807, 2.05) is 0 Å². The van der Waals surface area contributed by atoms with Crippen molar-refractivity contribution in [3.63, 3.8) is 0 Å². The Kier molecular flexibility index (Phi) is 4.97. The molecular formula is C13H20O8. The Hall–Kier alpha value is -1.03. The maximum absolute atomic E-state index is 11.6. The third-order valence-electron chi connectivity index (χ3n) is 3.52. The van der Waals surface area contributed by atoms with Gasteiger partial charge in [0.25, 0.3) is 0 Å². The van der Waals surface area contributed by atoms with Gasteiger partial charge in [-0.2, -0.15) is 0 Å². The Labute approximate surface area is 121 Å². The van der Waals surface area contributed by atoms with E-state index in [9.17, 15) is 25.2 Å². The molecule has 7 atom stereocenters. The van der Waals surface area contributed by atoms with Crippen molar-refractivity contribution in [2.75, 3.05) is 13.2 Å². The maximum Gasteiger partial charge on any atom is 0.333 e. The van der Waals surface area contributed by atoms with E-state index < -0.39 is 42.6 Å². The van der Waals surface area contributed by atoms with Crippen molar-refractivity contribution in [1.29, 1.82) is 0 Å². The molecule has 0 aromatic rings. The third-order valence-corrected chi connectivity index (χ3v) is 3.52. The zero-order valence-electron chi connectivity index (χ0n) is 11.6. The highest BCUT2D eigenvalue weighted by atomic mass is 16.6. The van der Waals surface area contributed by atoms with Crippen LogP contribution in [0.1, 0.15) is 6.92 Å². The predicted octanol–water partition coefficient (Wildman–Crippen LogP) is -2.28. The first kappa shape index (κ1) is 16.3. The SMILES string of the molecule is C=C(C)C(=O)OC1C(O)C(O)C(O)C(O)C1OCC1CO1. The molecule has 1 saturated carbocycles. The molecule has 0 aromatic heterocycles. The summed E-state index contributed by atoms with van der Waals surface area (Å²) in [6, 6.07) is 0. The molecule has 1 aliphatic heterocycles. The van der Waals surface area contributed by atoms with E-state index in [2.05, 4.69) is 6.58 Å². The van der Waals surface area contributed by atoms with E-state index in [0.717, 1.165) is 0 Å². The molecule has 7 unspecified atom stereocenters. The van der Waals surface area contributed by atoms with Gasteiger partial charge in [-0.15, -0.1) is 0 Å². The summed E-state index contributed by atoms with van der Waals surface area (Å²) in [4.78, 5) is 11.6. The lowest BCUT2D eigenvalue weighted by Gasteiger charge is -2.43. The summed E-state index contributed by atoms with van der Waals surface area (Å²) in [6.45, 7) is 5.48. The molecule has 8 nitrogen and oxygen atoms in total. The van der Waals surface area contributed by atoms with Crippen LogP contribution in [0.4, 0.5) is 0 Å². The Morgan fingerprint density at radius 3 is 2.14 bits per heavy atom. The van der Waals surface area contributed by atoms with Gasteiger partial charge in [-0.3, -0.25) is 0 Å². The zero-order valence-corrected chi connectivity index (χ0v) is 11.6. The minimum Gasteiger partial charge on any atom is -0.453 e. The molecule has 21 heavy (non-hydrogen) atoms. The third kappa shape index (κ3) is 3.60. The lowest BCUT2D eigenvalue weighted by molar-refractivity contribution is -0.243. The van der Waals surface area contributed by atoms with Crippen molar-refractivity contribution in [3.05, 3.63) is 12.2 Å². The van der Waals surface area contributed by atoms with Crippen molar-refractivity contribution in [3.8, 4) is 0 Å². The van der Waals surface area contributed by atoms with E-state index in [4.69, 9.17) is 14.2 Å². The number of ether oxygens (including phenoxy) is 3. The van der Waals surface area contributed by atoms with Crippen LogP contribution in [-0.4, -0.2) is 82.3 Å². The van der Waals surface area contributed by atoms with Crippen LogP contribution in [0.25, 0.3) is 0 Å². The summed E-state index contributed by atoms with van der Waals surface area (Å²) >= 11 is 0. The molecule has 2 fully saturated rings. The molecule has 2 aliphatic rings. The van der Waals surface area contributed by atoms with Gasteiger partial charge in [-0.1, -0.05) is 6.58 Å². The van der Waals surface area contributed by atoms with Gasteiger partial charge in [0.15, 0.2) is 6.10 Å². The van der Waals surface area contributed by atoms with E-state index in [-0.39, 0.29) is 18.3 Å². The lowest BCUT2D eigenvalue weighted by atomic mass is 9.84. The molecular weight excluding hydrogens is 284 g/mol. The van der Waals surface area contributed by atoms with Crippen molar-refractivity contribution in [2.24, 2.45) is 0 Å². The summed E-state index contributed by atoms with van der Waals surface area (Å²) in [5.41, 5.74) is 0.0987. The highest BCUT2D eigenvalue weighted by Crippen LogP contribution is 2.27. The van der Waals surface area contributed by atoms with Crippen LogP contribution >= 0.6 is 0 Å². The van der Waals surface area contributed by atoms with Crippen molar-refractivity contribution >= 4 is 5.97 Å². The monoisotopic (exact) mass is 304 g/mol. The number of aliphatic hydroxyl groups excluding tert-OH is 4. The molecule has 1 saturated heterocycles. The highest BCUT2D eigenvalue weighted by Gasteiger charge is 2.52. The smallest absolute Gasteiger partial charge is 0.333 e. The first-order valence-electron chi connectivity index (χ1n) is 6.65. The fraction of sp³-hybridized carbons (Fsp3) is 0.769. The van der Waals surface area contributed by atoms with Gasteiger partial charge in [0.05, 0.1) is 13.2 Å². The Morgan fingerprint density at radius 2 is 1.67 bits per heavy atom. The van der Waals surface area contributed by atoms with Gasteiger partial charge in [-0.05, 0) is 6.92 Å². The zero-order chi connectivity index (χ0) is 15.7. The number of rotatable bonds is 5. The van der Waals surface area contributed by atoms with Gasteiger partial charge < -0.3 is 34.6 Å². The fourth-order valence-corrected chi connectivity index (χ4v) is 2.12. The van der Waals surface area contributed by atoms with E-state index >= 15 is 0 Å². The van der Waals surface area contributed by atoms with Gasteiger partial charge in [0, 0.05) is 5.57 Å². The second-order valence-corrected chi connectivity index (χ2v) is 5.37. The molecule has 0 aromatic carbocycles. The molecule has 120 valence electrons. The Morgan fingerprint density at radius 1 is 1.14 bits per heavy atom. The lowest BCUT2D eigenvalue weighted by Crippen LogP contribution is -2.65. The van der Waals surface area contributed by atoms with Crippen molar-refractivity contribution < 1.29 is 39.4 Å². The number of hydrogen-bond donors (Lipinski definition) is 4. The molecule has 4 N–H and O–H groups in total. The average molecular weight is 304 g/mol. The normalized spacial score (nSPS) is 42.4. The molecule has 0 amide bonds. The van der Waals surface area contributed by atoms with E-state index in [1.54, 1.807) is 0 Å². The van der Waals surface area contributed by atoms with E-state index in [1.165, 1.54) is 6.92 Å². The van der Waals surface area contributed by atoms with Crippen molar-refractivity contribution in [1.82, 2.24) is 0 Å². The topological polar surface area (TPSA) is 129 Å². The molecule has 8 heteroatoms. The molecule has 2 rings (SSSR count). The molecule has 1 aliphatic carbocycles. The van der Waals surface area contributed by atoms with Crippen LogP contribution in [0, 0.1) is 0 Å². The summed E-state index contributed by atoms with van der Waals surface area (Å²) in [6.07, 6.45) is -8.96. The van der Waals surface area contributed by atoms with Crippen LogP contribution in [-0.2, 0) is 19.0 Å². The molecule has 0 spiro atoms. The number of esters is 1. The van der Waals surface area contributed by atoms with Crippen LogP contribution < -0.4 is 0 Å². The van der Waals surface area contributed by atoms with Crippen LogP contribution in [0.5, 0.6) is 0 Å². The maximum atomic E-state index is 11.6. The summed E-state index contributed by atoms with van der Waals surface area (Å²) < 4.78 is 15.4. The molecule has 1 heterocycles. The summed E-state index contributed by atoms with van der Waals surface area (Å²) in [5.74, 6) is -0.786. The van der Waals surface area contributed by atoms with Crippen LogP contribution in [0.2, 0.25) is 0 Å². The van der Waals surface area contributed by atoms with Gasteiger partial charge >= 0.3 is 5.97 Å². The first-order chi connectivity index (χ1) is 9.82. The number of epoxide rings is 1. The number of aliphatic hydroxyl groups is 4. The minimum atomic E-state index is -1.65.